The molecule has 1 aromatic rings. The number of hydrogen-bond donors (Lipinski definition) is 2. The van der Waals surface area contributed by atoms with Crippen LogP contribution in [0.1, 0.15) is 62.1 Å². The zero-order valence-corrected chi connectivity index (χ0v) is 16.9. The Hall–Kier alpha value is -1.66. The summed E-state index contributed by atoms with van der Waals surface area (Å²) in [6.45, 7) is 6.51. The molecule has 0 saturated heterocycles. The molecule has 0 atom stereocenters. The summed E-state index contributed by atoms with van der Waals surface area (Å²) >= 11 is 1.73. The van der Waals surface area contributed by atoms with Gasteiger partial charge >= 0.3 is 0 Å². The molecule has 2 heterocycles. The number of nitrogens with two attached hydrogens (primary N) is 2. The van der Waals surface area contributed by atoms with E-state index < -0.39 is 0 Å². The molecule has 2 rings (SSSR count). The van der Waals surface area contributed by atoms with Crippen molar-refractivity contribution in [2.24, 2.45) is 16.5 Å². The van der Waals surface area contributed by atoms with Crippen LogP contribution in [0.15, 0.2) is 16.6 Å². The second-order valence-corrected chi connectivity index (χ2v) is 7.97. The second-order valence-electron chi connectivity index (χ2n) is 6.80. The minimum absolute atomic E-state index is 0.0950. The molecule has 0 aliphatic carbocycles. The number of aliphatic imine (C=N–C) groups is 1. The first-order chi connectivity index (χ1) is 12.6. The molecular weight excluding hydrogens is 344 g/mol. The molecule has 144 valence electrons. The summed E-state index contributed by atoms with van der Waals surface area (Å²) in [7, 11) is 0. The first-order valence-electron chi connectivity index (χ1n) is 9.74. The molecule has 1 aliphatic rings. The Labute approximate surface area is 161 Å². The third kappa shape index (κ3) is 5.68. The quantitative estimate of drug-likeness (QED) is 0.608. The van der Waals surface area contributed by atoms with E-state index in [1.807, 2.05) is 11.0 Å². The van der Waals surface area contributed by atoms with E-state index in [0.29, 0.717) is 12.3 Å². The second kappa shape index (κ2) is 10.5. The maximum absolute atomic E-state index is 13.0. The Balaban J connectivity index is 2.19. The highest BCUT2D eigenvalue weighted by Crippen LogP contribution is 2.35. The van der Waals surface area contributed by atoms with Crippen LogP contribution in [0.3, 0.4) is 0 Å². The van der Waals surface area contributed by atoms with Crippen molar-refractivity contribution in [1.29, 1.82) is 0 Å². The van der Waals surface area contributed by atoms with Crippen LogP contribution in [0.5, 0.6) is 0 Å². The Morgan fingerprint density at radius 3 is 2.62 bits per heavy atom. The smallest absolute Gasteiger partial charge is 0.250 e. The predicted molar refractivity (Wildman–Crippen MR) is 112 cm³/mol. The molecule has 0 unspecified atom stereocenters. The van der Waals surface area contributed by atoms with Gasteiger partial charge in [-0.3, -0.25) is 4.79 Å². The van der Waals surface area contributed by atoms with Gasteiger partial charge < -0.3 is 16.4 Å². The normalized spacial score (nSPS) is 13.7. The van der Waals surface area contributed by atoms with E-state index in [4.69, 9.17) is 11.5 Å². The number of carbonyl (C=O) groups is 1. The van der Waals surface area contributed by atoms with Gasteiger partial charge in [-0.15, -0.1) is 11.3 Å². The summed E-state index contributed by atoms with van der Waals surface area (Å²) in [4.78, 5) is 21.8. The number of rotatable bonds is 10. The molecule has 0 saturated carbocycles. The maximum atomic E-state index is 13.0. The number of fused-ring (bicyclic) bond motifs is 1. The highest BCUT2D eigenvalue weighted by atomic mass is 32.1. The molecular formula is C20H32N4OS. The van der Waals surface area contributed by atoms with Gasteiger partial charge in [-0.2, -0.15) is 0 Å². The van der Waals surface area contributed by atoms with E-state index >= 15 is 0 Å². The largest absolute Gasteiger partial charge is 0.387 e. The highest BCUT2D eigenvalue weighted by molar-refractivity contribution is 7.13. The Morgan fingerprint density at radius 1 is 1.23 bits per heavy atom. The molecule has 1 aromatic heterocycles. The van der Waals surface area contributed by atoms with Crippen molar-refractivity contribution in [1.82, 2.24) is 4.90 Å². The van der Waals surface area contributed by atoms with E-state index in [2.05, 4.69) is 24.9 Å². The van der Waals surface area contributed by atoms with Crippen LogP contribution in [-0.4, -0.2) is 36.3 Å². The third-order valence-corrected chi connectivity index (χ3v) is 5.54. The number of hydrogen-bond acceptors (Lipinski definition) is 5. The van der Waals surface area contributed by atoms with Gasteiger partial charge in [0, 0.05) is 30.0 Å². The fourth-order valence-corrected chi connectivity index (χ4v) is 4.28. The van der Waals surface area contributed by atoms with Crippen molar-refractivity contribution in [3.63, 3.8) is 0 Å². The van der Waals surface area contributed by atoms with E-state index in [1.165, 1.54) is 4.88 Å². The lowest BCUT2D eigenvalue weighted by atomic mass is 10.1. The summed E-state index contributed by atoms with van der Waals surface area (Å²) in [5, 5.41) is 0. The number of nitrogens with zero attached hydrogens (tertiary/aromatic N) is 2. The van der Waals surface area contributed by atoms with Crippen molar-refractivity contribution < 1.29 is 4.79 Å². The van der Waals surface area contributed by atoms with Crippen molar-refractivity contribution in [3.05, 3.63) is 21.4 Å². The molecule has 26 heavy (non-hydrogen) atoms. The van der Waals surface area contributed by atoms with Gasteiger partial charge in [0.15, 0.2) is 0 Å². The molecule has 5 nitrogen and oxygen atoms in total. The van der Waals surface area contributed by atoms with E-state index in [9.17, 15) is 4.79 Å². The Bertz CT molecular complexity index is 657. The maximum Gasteiger partial charge on any atom is 0.250 e. The molecule has 4 N–H and O–H groups in total. The van der Waals surface area contributed by atoms with Crippen LogP contribution in [-0.2, 0) is 11.2 Å². The van der Waals surface area contributed by atoms with Crippen LogP contribution >= 0.6 is 11.3 Å². The zero-order chi connectivity index (χ0) is 18.9. The van der Waals surface area contributed by atoms with Crippen LogP contribution in [0.25, 0.3) is 6.08 Å². The molecule has 0 radical (unpaired) electrons. The van der Waals surface area contributed by atoms with Gasteiger partial charge in [0.05, 0.1) is 10.6 Å². The predicted octanol–water partition coefficient (Wildman–Crippen LogP) is 3.84. The number of amidine groups is 1. The molecule has 0 bridgehead atoms. The monoisotopic (exact) mass is 376 g/mol. The standard InChI is InChI=1S/C20H32N4OS/c1-3-10-24(11-4-2)20(25)15-12-18-17(23-19(22)13-15)14-16(26-18)8-6-5-7-9-21/h12,14H,3-11,13,21H2,1-2H3,(H2,22,23). The highest BCUT2D eigenvalue weighted by Gasteiger charge is 2.21. The summed E-state index contributed by atoms with van der Waals surface area (Å²) in [6, 6.07) is 2.12. The summed E-state index contributed by atoms with van der Waals surface area (Å²) in [6.07, 6.45) is 8.73. The average Bonchev–Trinajstić information content (AvgIpc) is 2.91. The van der Waals surface area contributed by atoms with Gasteiger partial charge in [-0.25, -0.2) is 4.99 Å². The first-order valence-corrected chi connectivity index (χ1v) is 10.6. The van der Waals surface area contributed by atoms with Crippen molar-refractivity contribution in [2.45, 2.75) is 58.8 Å². The van der Waals surface area contributed by atoms with Crippen LogP contribution in [0.2, 0.25) is 0 Å². The topological polar surface area (TPSA) is 84.7 Å². The van der Waals surface area contributed by atoms with Crippen LogP contribution < -0.4 is 11.5 Å². The summed E-state index contributed by atoms with van der Waals surface area (Å²) in [5.74, 6) is 0.612. The number of aryl methyl sites for hydroxylation is 1. The Morgan fingerprint density at radius 2 is 1.96 bits per heavy atom. The lowest BCUT2D eigenvalue weighted by molar-refractivity contribution is -0.127. The lowest BCUT2D eigenvalue weighted by Crippen LogP contribution is -2.34. The summed E-state index contributed by atoms with van der Waals surface area (Å²) < 4.78 is 0. The first kappa shape index (κ1) is 20.6. The zero-order valence-electron chi connectivity index (χ0n) is 16.1. The van der Waals surface area contributed by atoms with Gasteiger partial charge in [0.2, 0.25) is 5.91 Å². The molecule has 0 aromatic carbocycles. The third-order valence-electron chi connectivity index (χ3n) is 4.41. The minimum atomic E-state index is 0.0950. The van der Waals surface area contributed by atoms with Crippen LogP contribution in [0, 0.1) is 0 Å². The van der Waals surface area contributed by atoms with E-state index in [1.54, 1.807) is 11.3 Å². The number of thiophene rings is 1. The van der Waals surface area contributed by atoms with Crippen molar-refractivity contribution >= 4 is 34.8 Å². The molecule has 1 amide bonds. The number of carbonyl (C=O) groups excluding carboxylic acids is 1. The number of unbranched alkanes of at least 4 members (excludes halogenated alkanes) is 2. The van der Waals surface area contributed by atoms with E-state index in [-0.39, 0.29) is 5.91 Å². The Kier molecular flexibility index (Phi) is 8.32. The molecule has 6 heteroatoms. The fourth-order valence-electron chi connectivity index (χ4n) is 3.17. The van der Waals surface area contributed by atoms with E-state index in [0.717, 1.165) is 74.3 Å². The van der Waals surface area contributed by atoms with Gasteiger partial charge in [0.25, 0.3) is 0 Å². The van der Waals surface area contributed by atoms with Gasteiger partial charge in [0.1, 0.15) is 5.84 Å². The molecule has 0 fully saturated rings. The molecule has 1 aliphatic heterocycles. The minimum Gasteiger partial charge on any atom is -0.387 e. The summed E-state index contributed by atoms with van der Waals surface area (Å²) in [5.41, 5.74) is 13.3. The fraction of sp³-hybridized carbons (Fsp3) is 0.600. The number of amides is 1. The molecule has 0 spiro atoms. The average molecular weight is 377 g/mol. The van der Waals surface area contributed by atoms with Gasteiger partial charge in [-0.1, -0.05) is 20.3 Å². The van der Waals surface area contributed by atoms with Crippen LogP contribution in [0.4, 0.5) is 5.69 Å². The lowest BCUT2D eigenvalue weighted by Gasteiger charge is -2.22. The van der Waals surface area contributed by atoms with Crippen molar-refractivity contribution in [3.8, 4) is 0 Å². The SMILES string of the molecule is CCCN(CCC)C(=O)C1=Cc2sc(CCCCCN)cc2N=C(N)C1. The van der Waals surface area contributed by atoms with Gasteiger partial charge in [-0.05, 0) is 50.8 Å². The van der Waals surface area contributed by atoms with Crippen molar-refractivity contribution in [2.75, 3.05) is 19.6 Å².